The van der Waals surface area contributed by atoms with Gasteiger partial charge in [-0.25, -0.2) is 9.97 Å². The van der Waals surface area contributed by atoms with E-state index in [2.05, 4.69) is 58.6 Å². The highest BCUT2D eigenvalue weighted by Crippen LogP contribution is 2.20. The molecule has 0 bridgehead atoms. The lowest BCUT2D eigenvalue weighted by Gasteiger charge is -2.28. The van der Waals surface area contributed by atoms with E-state index in [4.69, 9.17) is 0 Å². The van der Waals surface area contributed by atoms with E-state index in [0.29, 0.717) is 37.0 Å². The first-order valence-corrected chi connectivity index (χ1v) is 9.59. The van der Waals surface area contributed by atoms with Crippen molar-refractivity contribution < 1.29 is 4.79 Å². The van der Waals surface area contributed by atoms with Crippen molar-refractivity contribution >= 4 is 11.7 Å². The Labute approximate surface area is 165 Å². The third-order valence-corrected chi connectivity index (χ3v) is 5.03. The maximum atomic E-state index is 13.0. The van der Waals surface area contributed by atoms with Crippen LogP contribution >= 0.6 is 0 Å². The molecule has 0 saturated heterocycles. The number of carbonyl (C=O) groups excluding carboxylic acids is 1. The Balaban J connectivity index is 1.49. The Morgan fingerprint density at radius 2 is 1.86 bits per heavy atom. The van der Waals surface area contributed by atoms with Crippen LogP contribution in [0.25, 0.3) is 0 Å². The van der Waals surface area contributed by atoms with Gasteiger partial charge in [-0.05, 0) is 37.0 Å². The zero-order chi connectivity index (χ0) is 19.5. The van der Waals surface area contributed by atoms with Gasteiger partial charge in [0.05, 0.1) is 0 Å². The summed E-state index contributed by atoms with van der Waals surface area (Å²) >= 11 is 0. The van der Waals surface area contributed by atoms with Gasteiger partial charge in [-0.15, -0.1) is 0 Å². The van der Waals surface area contributed by atoms with E-state index in [0.717, 1.165) is 6.42 Å². The molecule has 142 valence electrons. The SMILES string of the molecule is Cc1cccc(CNc2cc(C(=O)N3CCc4ccccc4C3)nc(C)n2)c1. The Bertz CT molecular complexity index is 1010. The molecule has 1 aliphatic rings. The highest BCUT2D eigenvalue weighted by molar-refractivity contribution is 5.93. The topological polar surface area (TPSA) is 58.1 Å². The molecule has 0 atom stereocenters. The summed E-state index contributed by atoms with van der Waals surface area (Å²) in [5.74, 6) is 1.23. The third-order valence-electron chi connectivity index (χ3n) is 5.03. The minimum Gasteiger partial charge on any atom is -0.366 e. The highest BCUT2D eigenvalue weighted by Gasteiger charge is 2.23. The number of nitrogens with zero attached hydrogens (tertiary/aromatic N) is 3. The predicted octanol–water partition coefficient (Wildman–Crippen LogP) is 3.90. The molecule has 5 nitrogen and oxygen atoms in total. The minimum absolute atomic E-state index is 0.0430. The summed E-state index contributed by atoms with van der Waals surface area (Å²) in [6, 6.07) is 18.4. The summed E-state index contributed by atoms with van der Waals surface area (Å²) in [5, 5.41) is 3.32. The number of fused-ring (bicyclic) bond motifs is 1. The van der Waals surface area contributed by atoms with E-state index in [9.17, 15) is 4.79 Å². The molecule has 0 radical (unpaired) electrons. The third kappa shape index (κ3) is 4.03. The first-order valence-electron chi connectivity index (χ1n) is 9.59. The Morgan fingerprint density at radius 3 is 2.68 bits per heavy atom. The lowest BCUT2D eigenvalue weighted by molar-refractivity contribution is 0.0728. The molecular weight excluding hydrogens is 348 g/mol. The quantitative estimate of drug-likeness (QED) is 0.754. The smallest absolute Gasteiger partial charge is 0.272 e. The molecule has 5 heteroatoms. The first-order chi connectivity index (χ1) is 13.6. The standard InChI is InChI=1S/C23H24N4O/c1-16-6-5-7-18(12-16)14-24-22-13-21(25-17(2)26-22)23(28)27-11-10-19-8-3-4-9-20(19)15-27/h3-9,12-13H,10-11,14-15H2,1-2H3,(H,24,25,26). The first kappa shape index (κ1) is 18.2. The van der Waals surface area contributed by atoms with Crippen molar-refractivity contribution in [3.8, 4) is 0 Å². The average Bonchev–Trinajstić information content (AvgIpc) is 2.71. The van der Waals surface area contributed by atoms with Crippen LogP contribution < -0.4 is 5.32 Å². The van der Waals surface area contributed by atoms with E-state index in [1.54, 1.807) is 6.07 Å². The number of aromatic nitrogens is 2. The molecule has 28 heavy (non-hydrogen) atoms. The highest BCUT2D eigenvalue weighted by atomic mass is 16.2. The van der Waals surface area contributed by atoms with Gasteiger partial charge >= 0.3 is 0 Å². The number of hydrogen-bond donors (Lipinski definition) is 1. The summed E-state index contributed by atoms with van der Waals surface area (Å²) in [4.78, 5) is 23.7. The summed E-state index contributed by atoms with van der Waals surface area (Å²) in [6.45, 7) is 5.89. The molecule has 1 aromatic heterocycles. The van der Waals surface area contributed by atoms with Crippen LogP contribution in [-0.4, -0.2) is 27.3 Å². The van der Waals surface area contributed by atoms with Crippen LogP contribution in [0, 0.1) is 13.8 Å². The van der Waals surface area contributed by atoms with Crippen LogP contribution in [0.3, 0.4) is 0 Å². The summed E-state index contributed by atoms with van der Waals surface area (Å²) in [7, 11) is 0. The average molecular weight is 372 g/mol. The van der Waals surface area contributed by atoms with Gasteiger partial charge in [-0.2, -0.15) is 0 Å². The van der Waals surface area contributed by atoms with Crippen LogP contribution in [0.2, 0.25) is 0 Å². The molecule has 0 saturated carbocycles. The number of rotatable bonds is 4. The van der Waals surface area contributed by atoms with Crippen LogP contribution in [-0.2, 0) is 19.5 Å². The van der Waals surface area contributed by atoms with Gasteiger partial charge in [0.25, 0.3) is 5.91 Å². The number of amides is 1. The van der Waals surface area contributed by atoms with Gasteiger partial charge in [0, 0.05) is 25.7 Å². The van der Waals surface area contributed by atoms with Crippen molar-refractivity contribution in [3.63, 3.8) is 0 Å². The number of nitrogens with one attached hydrogen (secondary N) is 1. The van der Waals surface area contributed by atoms with E-state index in [1.165, 1.54) is 22.3 Å². The molecule has 1 amide bonds. The molecule has 2 aromatic carbocycles. The van der Waals surface area contributed by atoms with E-state index < -0.39 is 0 Å². The molecule has 1 N–H and O–H groups in total. The number of aryl methyl sites for hydroxylation is 2. The summed E-state index contributed by atoms with van der Waals surface area (Å²) < 4.78 is 0. The van der Waals surface area contributed by atoms with Crippen molar-refractivity contribution in [2.75, 3.05) is 11.9 Å². The summed E-state index contributed by atoms with van der Waals surface area (Å²) in [6.07, 6.45) is 0.879. The Hall–Kier alpha value is -3.21. The van der Waals surface area contributed by atoms with Gasteiger partial charge < -0.3 is 10.2 Å². The molecule has 0 spiro atoms. The number of carbonyl (C=O) groups is 1. The lowest BCUT2D eigenvalue weighted by atomic mass is 10.00. The Morgan fingerprint density at radius 1 is 1.04 bits per heavy atom. The van der Waals surface area contributed by atoms with Crippen molar-refractivity contribution in [3.05, 3.63) is 88.4 Å². The zero-order valence-corrected chi connectivity index (χ0v) is 16.3. The second-order valence-electron chi connectivity index (χ2n) is 7.27. The van der Waals surface area contributed by atoms with Crippen LogP contribution in [0.5, 0.6) is 0 Å². The maximum absolute atomic E-state index is 13.0. The predicted molar refractivity (Wildman–Crippen MR) is 110 cm³/mol. The van der Waals surface area contributed by atoms with Crippen molar-refractivity contribution in [2.45, 2.75) is 33.4 Å². The van der Waals surface area contributed by atoms with Gasteiger partial charge in [0.1, 0.15) is 17.3 Å². The van der Waals surface area contributed by atoms with E-state index >= 15 is 0 Å². The molecular formula is C23H24N4O. The molecule has 4 rings (SSSR count). The Kier molecular flexibility index (Phi) is 5.06. The fourth-order valence-electron chi connectivity index (χ4n) is 3.61. The molecule has 0 unspecified atom stereocenters. The molecule has 1 aliphatic heterocycles. The maximum Gasteiger partial charge on any atom is 0.272 e. The monoisotopic (exact) mass is 372 g/mol. The van der Waals surface area contributed by atoms with Gasteiger partial charge in [-0.1, -0.05) is 54.1 Å². The molecule has 0 aliphatic carbocycles. The fraction of sp³-hybridized carbons (Fsp3) is 0.261. The number of anilines is 1. The second kappa shape index (κ2) is 7.80. The number of benzene rings is 2. The van der Waals surface area contributed by atoms with Crippen molar-refractivity contribution in [1.29, 1.82) is 0 Å². The molecule has 3 aromatic rings. The number of hydrogen-bond acceptors (Lipinski definition) is 4. The van der Waals surface area contributed by atoms with E-state index in [1.807, 2.05) is 24.0 Å². The summed E-state index contributed by atoms with van der Waals surface area (Å²) in [5.41, 5.74) is 5.38. The van der Waals surface area contributed by atoms with Gasteiger partial charge in [0.2, 0.25) is 0 Å². The van der Waals surface area contributed by atoms with Gasteiger partial charge in [-0.3, -0.25) is 4.79 Å². The molecule has 2 heterocycles. The lowest BCUT2D eigenvalue weighted by Crippen LogP contribution is -2.36. The van der Waals surface area contributed by atoms with Crippen molar-refractivity contribution in [1.82, 2.24) is 14.9 Å². The molecule has 0 fully saturated rings. The van der Waals surface area contributed by atoms with E-state index in [-0.39, 0.29) is 5.91 Å². The van der Waals surface area contributed by atoms with Crippen LogP contribution in [0.1, 0.15) is 38.6 Å². The fourth-order valence-corrected chi connectivity index (χ4v) is 3.61. The van der Waals surface area contributed by atoms with Gasteiger partial charge in [0.15, 0.2) is 0 Å². The second-order valence-corrected chi connectivity index (χ2v) is 7.27. The zero-order valence-electron chi connectivity index (χ0n) is 16.3. The van der Waals surface area contributed by atoms with Crippen LogP contribution in [0.15, 0.2) is 54.6 Å². The minimum atomic E-state index is -0.0430. The van der Waals surface area contributed by atoms with Crippen molar-refractivity contribution in [2.24, 2.45) is 0 Å². The normalized spacial score (nSPS) is 13.1. The van der Waals surface area contributed by atoms with Crippen LogP contribution in [0.4, 0.5) is 5.82 Å². The largest absolute Gasteiger partial charge is 0.366 e.